The zero-order chi connectivity index (χ0) is 7.72. The van der Waals surface area contributed by atoms with Gasteiger partial charge in [-0.25, -0.2) is 4.79 Å². The van der Waals surface area contributed by atoms with Crippen LogP contribution in [0.2, 0.25) is 0 Å². The number of methoxy groups -OCH3 is 1. The summed E-state index contributed by atoms with van der Waals surface area (Å²) in [5.74, 6) is 0.121. The predicted molar refractivity (Wildman–Crippen MR) is 35.3 cm³/mol. The number of hydrogen-bond acceptors (Lipinski definition) is 3. The molecule has 0 heterocycles. The van der Waals surface area contributed by atoms with E-state index >= 15 is 0 Å². The van der Waals surface area contributed by atoms with Gasteiger partial charge in [0.2, 0.25) is 0 Å². The number of aliphatic hydroxyl groups is 1. The van der Waals surface area contributed by atoms with Crippen LogP contribution in [0.1, 0.15) is 13.3 Å². The van der Waals surface area contributed by atoms with Crippen molar-refractivity contribution in [2.24, 2.45) is 11.8 Å². The Balaban J connectivity index is 2.34. The summed E-state index contributed by atoms with van der Waals surface area (Å²) in [7, 11) is 1.29. The molecular formula is C7H12O3. The van der Waals surface area contributed by atoms with Crippen LogP contribution in [-0.2, 0) is 9.53 Å². The molecule has 10 heavy (non-hydrogen) atoms. The smallest absolute Gasteiger partial charge is 0.334 e. The van der Waals surface area contributed by atoms with Crippen LogP contribution in [0.5, 0.6) is 0 Å². The number of aliphatic hydroxyl groups excluding tert-OH is 1. The number of ether oxygens (including phenoxy) is 1. The molecule has 1 N–H and O–H groups in total. The molecule has 0 bridgehead atoms. The van der Waals surface area contributed by atoms with E-state index in [2.05, 4.69) is 4.74 Å². The molecule has 0 saturated heterocycles. The van der Waals surface area contributed by atoms with Crippen LogP contribution in [0, 0.1) is 11.8 Å². The molecule has 0 spiro atoms. The average Bonchev–Trinajstić information content (AvgIpc) is 2.63. The lowest BCUT2D eigenvalue weighted by Crippen LogP contribution is -2.24. The standard InChI is InChI=1S/C7H12O3/c1-4-3-5(4)6(8)7(9)10-2/h4-6,8H,3H2,1-2H3. The van der Waals surface area contributed by atoms with Gasteiger partial charge in [-0.05, 0) is 18.3 Å². The van der Waals surface area contributed by atoms with Crippen molar-refractivity contribution >= 4 is 5.97 Å². The van der Waals surface area contributed by atoms with Gasteiger partial charge in [0, 0.05) is 0 Å². The lowest BCUT2D eigenvalue weighted by atomic mass is 10.2. The molecule has 3 unspecified atom stereocenters. The Hall–Kier alpha value is -0.570. The van der Waals surface area contributed by atoms with Gasteiger partial charge < -0.3 is 9.84 Å². The molecule has 58 valence electrons. The molecule has 1 aliphatic rings. The van der Waals surface area contributed by atoms with Crippen molar-refractivity contribution in [2.75, 3.05) is 7.11 Å². The minimum absolute atomic E-state index is 0.146. The maximum Gasteiger partial charge on any atom is 0.334 e. The number of carbonyl (C=O) groups excluding carboxylic acids is 1. The van der Waals surface area contributed by atoms with Gasteiger partial charge in [0.15, 0.2) is 6.10 Å². The van der Waals surface area contributed by atoms with E-state index in [1.54, 1.807) is 0 Å². The van der Waals surface area contributed by atoms with Crippen molar-refractivity contribution in [3.05, 3.63) is 0 Å². The van der Waals surface area contributed by atoms with Crippen molar-refractivity contribution in [3.63, 3.8) is 0 Å². The zero-order valence-corrected chi connectivity index (χ0v) is 6.20. The average molecular weight is 144 g/mol. The summed E-state index contributed by atoms with van der Waals surface area (Å²) >= 11 is 0. The highest BCUT2D eigenvalue weighted by atomic mass is 16.5. The van der Waals surface area contributed by atoms with Gasteiger partial charge >= 0.3 is 5.97 Å². The third-order valence-corrected chi connectivity index (χ3v) is 2.02. The fourth-order valence-corrected chi connectivity index (χ4v) is 1.09. The van der Waals surface area contributed by atoms with E-state index in [0.29, 0.717) is 5.92 Å². The molecule has 3 nitrogen and oxygen atoms in total. The summed E-state index contributed by atoms with van der Waals surface area (Å²) in [5, 5.41) is 9.15. The van der Waals surface area contributed by atoms with Crippen LogP contribution in [0.3, 0.4) is 0 Å². The summed E-state index contributed by atoms with van der Waals surface area (Å²) < 4.78 is 4.37. The number of hydrogen-bond donors (Lipinski definition) is 1. The fourth-order valence-electron chi connectivity index (χ4n) is 1.09. The summed E-state index contributed by atoms with van der Waals surface area (Å²) in [5.41, 5.74) is 0. The molecule has 1 rings (SSSR count). The molecule has 3 atom stereocenters. The quantitative estimate of drug-likeness (QED) is 0.562. The van der Waals surface area contributed by atoms with Crippen LogP contribution in [-0.4, -0.2) is 24.3 Å². The second-order valence-electron chi connectivity index (χ2n) is 2.84. The molecule has 0 aromatic rings. The van der Waals surface area contributed by atoms with Crippen LogP contribution < -0.4 is 0 Å². The second-order valence-corrected chi connectivity index (χ2v) is 2.84. The van der Waals surface area contributed by atoms with E-state index in [0.717, 1.165) is 6.42 Å². The molecule has 0 aromatic carbocycles. The largest absolute Gasteiger partial charge is 0.467 e. The zero-order valence-electron chi connectivity index (χ0n) is 6.20. The monoisotopic (exact) mass is 144 g/mol. The van der Waals surface area contributed by atoms with Crippen LogP contribution in [0.15, 0.2) is 0 Å². The summed E-state index contributed by atoms with van der Waals surface area (Å²) in [6.45, 7) is 2.01. The molecule has 0 amide bonds. The van der Waals surface area contributed by atoms with Gasteiger partial charge in [-0.2, -0.15) is 0 Å². The second kappa shape index (κ2) is 2.58. The van der Waals surface area contributed by atoms with Crippen LogP contribution in [0.4, 0.5) is 0 Å². The Kier molecular flexibility index (Phi) is 1.94. The Morgan fingerprint density at radius 3 is 2.60 bits per heavy atom. The van der Waals surface area contributed by atoms with Crippen molar-refractivity contribution in [3.8, 4) is 0 Å². The van der Waals surface area contributed by atoms with Gasteiger partial charge in [-0.15, -0.1) is 0 Å². The maximum absolute atomic E-state index is 10.7. The normalized spacial score (nSPS) is 33.1. The first-order valence-corrected chi connectivity index (χ1v) is 3.42. The van der Waals surface area contributed by atoms with E-state index in [4.69, 9.17) is 5.11 Å². The highest BCUT2D eigenvalue weighted by molar-refractivity contribution is 5.75. The summed E-state index contributed by atoms with van der Waals surface area (Å²) in [6, 6.07) is 0. The van der Waals surface area contributed by atoms with Crippen LogP contribution in [0.25, 0.3) is 0 Å². The minimum Gasteiger partial charge on any atom is -0.467 e. The third kappa shape index (κ3) is 1.29. The van der Waals surface area contributed by atoms with Gasteiger partial charge in [-0.3, -0.25) is 0 Å². The van der Waals surface area contributed by atoms with Gasteiger partial charge in [0.05, 0.1) is 7.11 Å². The van der Waals surface area contributed by atoms with E-state index in [9.17, 15) is 4.79 Å². The van der Waals surface area contributed by atoms with Gasteiger partial charge in [0.1, 0.15) is 0 Å². The Labute approximate surface area is 60.0 Å². The number of carbonyl (C=O) groups is 1. The van der Waals surface area contributed by atoms with Crippen molar-refractivity contribution in [1.29, 1.82) is 0 Å². The van der Waals surface area contributed by atoms with Crippen molar-refractivity contribution in [1.82, 2.24) is 0 Å². The maximum atomic E-state index is 10.7. The van der Waals surface area contributed by atoms with E-state index in [-0.39, 0.29) is 5.92 Å². The van der Waals surface area contributed by atoms with Gasteiger partial charge in [-0.1, -0.05) is 6.92 Å². The first kappa shape index (κ1) is 7.54. The predicted octanol–water partition coefficient (Wildman–Crippen LogP) is 0.176. The first-order chi connectivity index (χ1) is 4.66. The molecule has 1 saturated carbocycles. The topological polar surface area (TPSA) is 46.5 Å². The van der Waals surface area contributed by atoms with E-state index < -0.39 is 12.1 Å². The lowest BCUT2D eigenvalue weighted by molar-refractivity contribution is -0.151. The van der Waals surface area contributed by atoms with Gasteiger partial charge in [0.25, 0.3) is 0 Å². The summed E-state index contributed by atoms with van der Waals surface area (Å²) in [6.07, 6.45) is 0.0519. The number of rotatable bonds is 2. The number of esters is 1. The lowest BCUT2D eigenvalue weighted by Gasteiger charge is -2.05. The van der Waals surface area contributed by atoms with E-state index in [1.165, 1.54) is 7.11 Å². The fraction of sp³-hybridized carbons (Fsp3) is 0.857. The summed E-state index contributed by atoms with van der Waals surface area (Å²) in [4.78, 5) is 10.7. The molecule has 0 aromatic heterocycles. The van der Waals surface area contributed by atoms with Crippen molar-refractivity contribution in [2.45, 2.75) is 19.4 Å². The third-order valence-electron chi connectivity index (χ3n) is 2.02. The molecular weight excluding hydrogens is 132 g/mol. The molecule has 1 aliphatic carbocycles. The molecule has 0 aliphatic heterocycles. The van der Waals surface area contributed by atoms with Crippen LogP contribution >= 0.6 is 0 Å². The van der Waals surface area contributed by atoms with E-state index in [1.807, 2.05) is 6.92 Å². The molecule has 1 fully saturated rings. The highest BCUT2D eigenvalue weighted by Crippen LogP contribution is 2.40. The SMILES string of the molecule is COC(=O)C(O)C1CC1C. The Morgan fingerprint density at radius 2 is 2.30 bits per heavy atom. The highest BCUT2D eigenvalue weighted by Gasteiger charge is 2.42. The van der Waals surface area contributed by atoms with Crippen molar-refractivity contribution < 1.29 is 14.6 Å². The molecule has 0 radical (unpaired) electrons. The molecule has 3 heteroatoms. The Morgan fingerprint density at radius 1 is 1.80 bits per heavy atom. The first-order valence-electron chi connectivity index (χ1n) is 3.42. The Bertz CT molecular complexity index is 144. The minimum atomic E-state index is -0.889.